The molecule has 2 unspecified atom stereocenters. The molecule has 1 nitrogen and oxygen atoms in total. The second-order valence-electron chi connectivity index (χ2n) is 5.51. The molecule has 0 saturated carbocycles. The first-order valence-corrected chi connectivity index (χ1v) is 7.34. The minimum atomic E-state index is 0.377. The number of para-hydroxylation sites is 1. The van der Waals surface area contributed by atoms with Gasteiger partial charge < -0.3 is 4.90 Å². The molecule has 2 aliphatic rings. The van der Waals surface area contributed by atoms with Crippen LogP contribution >= 0.6 is 0 Å². The molecule has 2 aromatic rings. The van der Waals surface area contributed by atoms with Gasteiger partial charge in [0.25, 0.3) is 0 Å². The van der Waals surface area contributed by atoms with Gasteiger partial charge in [-0.3, -0.25) is 0 Å². The molecule has 2 atom stereocenters. The first kappa shape index (κ1) is 12.2. The number of benzene rings is 2. The van der Waals surface area contributed by atoms with Crippen LogP contribution in [-0.4, -0.2) is 6.04 Å². The second kappa shape index (κ2) is 4.78. The van der Waals surface area contributed by atoms with E-state index in [1.165, 1.54) is 16.9 Å². The van der Waals surface area contributed by atoms with Gasteiger partial charge in [0, 0.05) is 17.3 Å². The minimum Gasteiger partial charge on any atom is -0.333 e. The van der Waals surface area contributed by atoms with Crippen LogP contribution in [0, 0.1) is 0 Å². The van der Waals surface area contributed by atoms with Gasteiger partial charge in [-0.1, -0.05) is 67.3 Å². The molecule has 102 valence electrons. The lowest BCUT2D eigenvalue weighted by Gasteiger charge is -2.28. The van der Waals surface area contributed by atoms with Crippen molar-refractivity contribution in [2.24, 2.45) is 0 Å². The third-order valence-corrected chi connectivity index (χ3v) is 4.37. The van der Waals surface area contributed by atoms with Crippen LogP contribution in [0.5, 0.6) is 0 Å². The summed E-state index contributed by atoms with van der Waals surface area (Å²) in [5.41, 5.74) is 5.12. The number of allylic oxidation sites excluding steroid dienone is 2. The van der Waals surface area contributed by atoms with Gasteiger partial charge in [-0.15, -0.1) is 0 Å². The first-order valence-electron chi connectivity index (χ1n) is 7.34. The van der Waals surface area contributed by atoms with Crippen LogP contribution in [-0.2, 0) is 0 Å². The van der Waals surface area contributed by atoms with Crippen molar-refractivity contribution in [1.29, 1.82) is 0 Å². The number of nitrogens with zero attached hydrogens (tertiary/aromatic N) is 1. The van der Waals surface area contributed by atoms with Crippen molar-refractivity contribution >= 4 is 17.5 Å². The zero-order valence-electron chi connectivity index (χ0n) is 11.8. The molecule has 21 heavy (non-hydrogen) atoms. The van der Waals surface area contributed by atoms with Gasteiger partial charge in [-0.05, 0) is 29.3 Å². The van der Waals surface area contributed by atoms with Crippen LogP contribution in [0.25, 0.3) is 6.08 Å². The Balaban J connectivity index is 1.84. The van der Waals surface area contributed by atoms with E-state index in [0.29, 0.717) is 12.0 Å². The number of fused-ring (bicyclic) bond motifs is 3. The van der Waals surface area contributed by atoms with Crippen molar-refractivity contribution in [3.8, 4) is 0 Å². The van der Waals surface area contributed by atoms with Crippen LogP contribution in [0.4, 0.5) is 11.4 Å². The van der Waals surface area contributed by atoms with Crippen molar-refractivity contribution in [1.82, 2.24) is 0 Å². The summed E-state index contributed by atoms with van der Waals surface area (Å²) in [6.45, 7) is 3.83. The van der Waals surface area contributed by atoms with Crippen molar-refractivity contribution in [2.75, 3.05) is 4.90 Å². The molecule has 1 heterocycles. The topological polar surface area (TPSA) is 3.24 Å². The molecule has 0 radical (unpaired) electrons. The fourth-order valence-electron chi connectivity index (χ4n) is 3.36. The predicted octanol–water partition coefficient (Wildman–Crippen LogP) is 5.06. The average molecular weight is 271 g/mol. The van der Waals surface area contributed by atoms with Crippen molar-refractivity contribution in [3.63, 3.8) is 0 Å². The maximum absolute atomic E-state index is 3.83. The van der Waals surface area contributed by atoms with E-state index >= 15 is 0 Å². The molecular formula is C20H17N. The highest BCUT2D eigenvalue weighted by Gasteiger charge is 2.36. The van der Waals surface area contributed by atoms with Gasteiger partial charge in [0.2, 0.25) is 0 Å². The standard InChI is InChI=1S/C20H17N/c1-2-15-11-13-16(14-12-15)21-19-9-5-3-7-17(19)18-8-4-6-10-20(18)21/h2-14,17,19H,1H2. The summed E-state index contributed by atoms with van der Waals surface area (Å²) in [5, 5.41) is 0. The lowest BCUT2D eigenvalue weighted by Crippen LogP contribution is -2.28. The zero-order valence-corrected chi connectivity index (χ0v) is 11.8. The fraction of sp³-hybridized carbons (Fsp3) is 0.100. The third-order valence-electron chi connectivity index (χ3n) is 4.37. The largest absolute Gasteiger partial charge is 0.333 e. The van der Waals surface area contributed by atoms with Crippen LogP contribution < -0.4 is 4.90 Å². The highest BCUT2D eigenvalue weighted by Crippen LogP contribution is 2.47. The summed E-state index contributed by atoms with van der Waals surface area (Å²) < 4.78 is 0. The van der Waals surface area contributed by atoms with Crippen LogP contribution in [0.3, 0.4) is 0 Å². The van der Waals surface area contributed by atoms with Gasteiger partial charge in [-0.25, -0.2) is 0 Å². The Morgan fingerprint density at radius 1 is 0.905 bits per heavy atom. The van der Waals surface area contributed by atoms with Crippen LogP contribution in [0.2, 0.25) is 0 Å². The van der Waals surface area contributed by atoms with E-state index in [1.807, 2.05) is 6.08 Å². The van der Waals surface area contributed by atoms with E-state index in [9.17, 15) is 0 Å². The molecule has 0 amide bonds. The van der Waals surface area contributed by atoms with Gasteiger partial charge in [0.1, 0.15) is 0 Å². The third kappa shape index (κ3) is 1.85. The van der Waals surface area contributed by atoms with E-state index < -0.39 is 0 Å². The number of hydrogen-bond donors (Lipinski definition) is 0. The summed E-state index contributed by atoms with van der Waals surface area (Å²) in [6, 6.07) is 17.7. The quantitative estimate of drug-likeness (QED) is 0.738. The molecule has 0 bridgehead atoms. The Morgan fingerprint density at radius 2 is 1.67 bits per heavy atom. The molecule has 1 heteroatoms. The van der Waals surface area contributed by atoms with Crippen LogP contribution in [0.15, 0.2) is 79.4 Å². The molecule has 0 saturated heterocycles. The smallest absolute Gasteiger partial charge is 0.0629 e. The van der Waals surface area contributed by atoms with E-state index in [4.69, 9.17) is 0 Å². The van der Waals surface area contributed by atoms with Crippen LogP contribution in [0.1, 0.15) is 17.0 Å². The Hall–Kier alpha value is -2.54. The number of rotatable bonds is 2. The summed E-state index contributed by atoms with van der Waals surface area (Å²) >= 11 is 0. The lowest BCUT2D eigenvalue weighted by molar-refractivity contribution is 0.745. The van der Waals surface area contributed by atoms with E-state index in [0.717, 1.165) is 5.56 Å². The minimum absolute atomic E-state index is 0.377. The molecule has 1 aliphatic carbocycles. The van der Waals surface area contributed by atoms with Crippen molar-refractivity contribution < 1.29 is 0 Å². The molecule has 0 spiro atoms. The number of hydrogen-bond acceptors (Lipinski definition) is 1. The lowest BCUT2D eigenvalue weighted by atomic mass is 9.91. The van der Waals surface area contributed by atoms with Gasteiger partial charge in [0.05, 0.1) is 6.04 Å². The SMILES string of the molecule is C=Cc1ccc(N2c3ccccc3C3C=CC=CC32)cc1. The van der Waals surface area contributed by atoms with Crippen molar-refractivity contribution in [2.45, 2.75) is 12.0 Å². The fourth-order valence-corrected chi connectivity index (χ4v) is 3.36. The molecule has 4 rings (SSSR count). The van der Waals surface area contributed by atoms with E-state index in [-0.39, 0.29) is 0 Å². The highest BCUT2D eigenvalue weighted by molar-refractivity contribution is 5.75. The molecule has 0 aromatic heterocycles. The Bertz CT molecular complexity index is 737. The van der Waals surface area contributed by atoms with Gasteiger partial charge in [0.15, 0.2) is 0 Å². The summed E-state index contributed by atoms with van der Waals surface area (Å²) in [5.74, 6) is 0.449. The maximum atomic E-state index is 3.83. The predicted molar refractivity (Wildman–Crippen MR) is 89.9 cm³/mol. The summed E-state index contributed by atoms with van der Waals surface area (Å²) in [7, 11) is 0. The van der Waals surface area contributed by atoms with Gasteiger partial charge in [-0.2, -0.15) is 0 Å². The van der Waals surface area contributed by atoms with Crippen molar-refractivity contribution in [3.05, 3.63) is 90.5 Å². The average Bonchev–Trinajstić information content (AvgIpc) is 2.90. The normalized spacial score (nSPS) is 22.0. The maximum Gasteiger partial charge on any atom is 0.0629 e. The molecule has 0 N–H and O–H groups in total. The Kier molecular flexibility index (Phi) is 2.78. The molecule has 1 aliphatic heterocycles. The van der Waals surface area contributed by atoms with Gasteiger partial charge >= 0.3 is 0 Å². The summed E-state index contributed by atoms with van der Waals surface area (Å²) in [4.78, 5) is 2.44. The van der Waals surface area contributed by atoms with E-state index in [2.05, 4.69) is 84.3 Å². The second-order valence-corrected chi connectivity index (χ2v) is 5.51. The highest BCUT2D eigenvalue weighted by atomic mass is 15.2. The number of anilines is 2. The summed E-state index contributed by atoms with van der Waals surface area (Å²) in [6.07, 6.45) is 10.8. The molecule has 2 aromatic carbocycles. The monoisotopic (exact) mass is 271 g/mol. The first-order chi connectivity index (χ1) is 10.4. The Labute approximate surface area is 125 Å². The van der Waals surface area contributed by atoms with E-state index in [1.54, 1.807) is 0 Å². The molecular weight excluding hydrogens is 254 g/mol. The Morgan fingerprint density at radius 3 is 2.48 bits per heavy atom. The zero-order chi connectivity index (χ0) is 14.2. The molecule has 0 fully saturated rings.